The summed E-state index contributed by atoms with van der Waals surface area (Å²) in [6.07, 6.45) is -3.11. The SMILES string of the molecule is COC(=O)CS(=O)(=O)c1cccc(C(=O)N2[C@@H](C(=O)N[C@@H](c3cc(F)c(C(F)(F)F)cc3F)C3CC3)CC3C[C@H]32)c1. The first-order chi connectivity index (χ1) is 19.2. The number of rotatable bonds is 8. The third-order valence-corrected chi connectivity index (χ3v) is 9.32. The fourth-order valence-corrected chi connectivity index (χ4v) is 6.59. The zero-order valence-electron chi connectivity index (χ0n) is 21.6. The third-order valence-electron chi connectivity index (χ3n) is 7.74. The monoisotopic (exact) mass is 600 g/mol. The number of halogens is 5. The Bertz CT molecular complexity index is 1520. The van der Waals surface area contributed by atoms with E-state index in [9.17, 15) is 44.8 Å². The van der Waals surface area contributed by atoms with Crippen LogP contribution in [0.3, 0.4) is 0 Å². The second kappa shape index (κ2) is 10.4. The van der Waals surface area contributed by atoms with Gasteiger partial charge in [-0.2, -0.15) is 13.2 Å². The van der Waals surface area contributed by atoms with Crippen molar-refractivity contribution < 1.29 is 49.5 Å². The average Bonchev–Trinajstić information content (AvgIpc) is 3.85. The Kier molecular flexibility index (Phi) is 7.33. The van der Waals surface area contributed by atoms with Gasteiger partial charge in [0.15, 0.2) is 15.6 Å². The smallest absolute Gasteiger partial charge is 0.419 e. The molecular formula is C27H25F5N2O6S. The van der Waals surface area contributed by atoms with Crippen molar-refractivity contribution >= 4 is 27.6 Å². The molecule has 2 aromatic carbocycles. The highest BCUT2D eigenvalue weighted by Crippen LogP contribution is 2.49. The van der Waals surface area contributed by atoms with E-state index in [4.69, 9.17) is 0 Å². The molecule has 2 aromatic rings. The number of nitrogens with one attached hydrogen (secondary N) is 1. The predicted molar refractivity (Wildman–Crippen MR) is 132 cm³/mol. The Morgan fingerprint density at radius 2 is 1.78 bits per heavy atom. The minimum absolute atomic E-state index is 0.0144. The van der Waals surface area contributed by atoms with E-state index in [1.807, 2.05) is 0 Å². The summed E-state index contributed by atoms with van der Waals surface area (Å²) < 4.78 is 97.8. The minimum atomic E-state index is -5.09. The lowest BCUT2D eigenvalue weighted by molar-refractivity contribution is -0.140. The molecule has 14 heteroatoms. The highest BCUT2D eigenvalue weighted by molar-refractivity contribution is 7.92. The predicted octanol–water partition coefficient (Wildman–Crippen LogP) is 3.80. The molecule has 1 unspecified atom stereocenters. The first-order valence-electron chi connectivity index (χ1n) is 12.8. The maximum atomic E-state index is 14.8. The Labute approximate surface area is 231 Å². The van der Waals surface area contributed by atoms with Crippen LogP contribution in [0.25, 0.3) is 0 Å². The molecule has 4 atom stereocenters. The number of hydrogen-bond acceptors (Lipinski definition) is 6. The Hall–Kier alpha value is -3.55. The van der Waals surface area contributed by atoms with Crippen molar-refractivity contribution in [1.29, 1.82) is 0 Å². The summed E-state index contributed by atoms with van der Waals surface area (Å²) in [4.78, 5) is 39.5. The van der Waals surface area contributed by atoms with Gasteiger partial charge in [-0.05, 0) is 67.9 Å². The molecule has 220 valence electrons. The number of sulfone groups is 1. The summed E-state index contributed by atoms with van der Waals surface area (Å²) >= 11 is 0. The highest BCUT2D eigenvalue weighted by atomic mass is 32.2. The van der Waals surface area contributed by atoms with Crippen LogP contribution in [0.5, 0.6) is 0 Å². The molecule has 8 nitrogen and oxygen atoms in total. The van der Waals surface area contributed by atoms with Crippen LogP contribution in [0, 0.1) is 23.5 Å². The summed E-state index contributed by atoms with van der Waals surface area (Å²) in [6.45, 7) is 0. The van der Waals surface area contributed by atoms with E-state index in [1.165, 1.54) is 23.1 Å². The molecule has 1 aliphatic heterocycles. The standard InChI is InChI=1S/C27H25F5N2O6S/c1-40-23(35)12-41(38,39)16-4-2-3-14(7-16)26(37)34-21-8-15(21)9-22(34)25(36)33-24(13-5-6-13)17-10-20(29)18(11-19(17)28)27(30,31)32/h2-4,7,10-11,13,15,21-22,24H,5-6,8-9,12H2,1H3,(H,33,36)/t15?,21-,22-,24-/m1/s1. The van der Waals surface area contributed by atoms with Crippen LogP contribution in [0.1, 0.15) is 53.2 Å². The molecule has 41 heavy (non-hydrogen) atoms. The maximum Gasteiger partial charge on any atom is 0.419 e. The number of likely N-dealkylation sites (tertiary alicyclic amines) is 1. The van der Waals surface area contributed by atoms with Crippen molar-refractivity contribution in [3.63, 3.8) is 0 Å². The van der Waals surface area contributed by atoms with Gasteiger partial charge in [-0.3, -0.25) is 14.4 Å². The number of carbonyl (C=O) groups is 3. The Morgan fingerprint density at radius 3 is 2.41 bits per heavy atom. The average molecular weight is 601 g/mol. The van der Waals surface area contributed by atoms with Crippen LogP contribution >= 0.6 is 0 Å². The molecule has 1 saturated heterocycles. The van der Waals surface area contributed by atoms with Gasteiger partial charge in [0.25, 0.3) is 5.91 Å². The molecule has 0 bridgehead atoms. The highest BCUT2D eigenvalue weighted by Gasteiger charge is 2.56. The Balaban J connectivity index is 1.38. The number of fused-ring (bicyclic) bond motifs is 1. The van der Waals surface area contributed by atoms with Crippen LogP contribution < -0.4 is 5.32 Å². The fourth-order valence-electron chi connectivity index (χ4n) is 5.40. The summed E-state index contributed by atoms with van der Waals surface area (Å²) in [7, 11) is -3.07. The molecule has 1 N–H and O–H groups in total. The fraction of sp³-hybridized carbons (Fsp3) is 0.444. The van der Waals surface area contributed by atoms with E-state index in [2.05, 4.69) is 10.1 Å². The lowest BCUT2D eigenvalue weighted by Crippen LogP contribution is -2.49. The molecule has 0 aromatic heterocycles. The van der Waals surface area contributed by atoms with Crippen LogP contribution in [0.2, 0.25) is 0 Å². The number of benzene rings is 2. The number of alkyl halides is 3. The van der Waals surface area contributed by atoms with Crippen molar-refractivity contribution in [3.05, 3.63) is 64.7 Å². The third kappa shape index (κ3) is 5.79. The van der Waals surface area contributed by atoms with Crippen molar-refractivity contribution in [1.82, 2.24) is 10.2 Å². The van der Waals surface area contributed by atoms with Gasteiger partial charge >= 0.3 is 12.1 Å². The van der Waals surface area contributed by atoms with Crippen LogP contribution in [-0.2, 0) is 30.3 Å². The quantitative estimate of drug-likeness (QED) is 0.365. The first-order valence-corrected chi connectivity index (χ1v) is 14.4. The number of nitrogens with zero attached hydrogens (tertiary/aromatic N) is 1. The largest absolute Gasteiger partial charge is 0.468 e. The second-order valence-electron chi connectivity index (χ2n) is 10.6. The normalized spacial score (nSPS) is 22.6. The minimum Gasteiger partial charge on any atom is -0.468 e. The number of hydrogen-bond donors (Lipinski definition) is 1. The summed E-state index contributed by atoms with van der Waals surface area (Å²) in [5, 5.41) is 2.64. The molecule has 2 aliphatic carbocycles. The summed E-state index contributed by atoms with van der Waals surface area (Å²) in [5.74, 6) is -6.46. The molecule has 3 aliphatic rings. The zero-order chi connectivity index (χ0) is 29.9. The van der Waals surface area contributed by atoms with Crippen molar-refractivity contribution in [2.45, 2.75) is 54.9 Å². The van der Waals surface area contributed by atoms with Crippen molar-refractivity contribution in [2.75, 3.05) is 12.9 Å². The van der Waals surface area contributed by atoms with Gasteiger partial charge in [0.2, 0.25) is 5.91 Å². The lowest BCUT2D eigenvalue weighted by Gasteiger charge is -2.29. The molecule has 0 radical (unpaired) electrons. The first kappa shape index (κ1) is 29.0. The van der Waals surface area contributed by atoms with E-state index in [0.717, 1.165) is 13.2 Å². The molecule has 3 fully saturated rings. The number of esters is 1. The molecule has 1 heterocycles. The lowest BCUT2D eigenvalue weighted by atomic mass is 9.98. The van der Waals surface area contributed by atoms with E-state index in [0.29, 0.717) is 25.3 Å². The topological polar surface area (TPSA) is 110 Å². The molecule has 5 rings (SSSR count). The number of piperidine rings is 1. The van der Waals surface area contributed by atoms with E-state index in [1.54, 1.807) is 0 Å². The Morgan fingerprint density at radius 1 is 1.07 bits per heavy atom. The van der Waals surface area contributed by atoms with Crippen LogP contribution in [0.4, 0.5) is 22.0 Å². The van der Waals surface area contributed by atoms with Gasteiger partial charge < -0.3 is 15.0 Å². The molecule has 2 saturated carbocycles. The van der Waals surface area contributed by atoms with E-state index >= 15 is 0 Å². The van der Waals surface area contributed by atoms with Crippen LogP contribution in [-0.4, -0.2) is 56.0 Å². The van der Waals surface area contributed by atoms with Crippen LogP contribution in [0.15, 0.2) is 41.3 Å². The maximum absolute atomic E-state index is 14.8. The number of ether oxygens (including phenoxy) is 1. The van der Waals surface area contributed by atoms with Gasteiger partial charge in [0.05, 0.1) is 23.6 Å². The van der Waals surface area contributed by atoms with Crippen molar-refractivity contribution in [3.8, 4) is 0 Å². The summed E-state index contributed by atoms with van der Waals surface area (Å²) in [6, 6.07) is 3.18. The van der Waals surface area contributed by atoms with Gasteiger partial charge in [-0.1, -0.05) is 6.07 Å². The van der Waals surface area contributed by atoms with Gasteiger partial charge in [0, 0.05) is 17.2 Å². The molecule has 0 spiro atoms. The molecular weight excluding hydrogens is 575 g/mol. The van der Waals surface area contributed by atoms with Gasteiger partial charge in [-0.15, -0.1) is 0 Å². The summed E-state index contributed by atoms with van der Waals surface area (Å²) in [5.41, 5.74) is -2.19. The van der Waals surface area contributed by atoms with Gasteiger partial charge in [-0.25, -0.2) is 17.2 Å². The second-order valence-corrected chi connectivity index (χ2v) is 12.6. The zero-order valence-corrected chi connectivity index (χ0v) is 22.4. The van der Waals surface area contributed by atoms with Gasteiger partial charge in [0.1, 0.15) is 17.7 Å². The van der Waals surface area contributed by atoms with Crippen molar-refractivity contribution in [2.24, 2.45) is 11.8 Å². The molecule has 2 amide bonds. The number of amides is 2. The number of methoxy groups -OCH3 is 1. The van der Waals surface area contributed by atoms with E-state index in [-0.39, 0.29) is 40.8 Å². The van der Waals surface area contributed by atoms with E-state index < -0.39 is 74.4 Å². The number of carbonyl (C=O) groups excluding carboxylic acids is 3.